The van der Waals surface area contributed by atoms with Crippen molar-refractivity contribution < 1.29 is 9.53 Å². The van der Waals surface area contributed by atoms with Crippen LogP contribution in [0.4, 0.5) is 17.3 Å². The number of aromatic nitrogens is 2. The number of rotatable bonds is 6. The molecule has 0 unspecified atom stereocenters. The Labute approximate surface area is 168 Å². The molecule has 0 aliphatic carbocycles. The van der Waals surface area contributed by atoms with Crippen molar-refractivity contribution >= 4 is 34.8 Å². The summed E-state index contributed by atoms with van der Waals surface area (Å²) in [4.78, 5) is 20.8. The van der Waals surface area contributed by atoms with Gasteiger partial charge in [-0.15, -0.1) is 0 Å². The molecule has 144 valence electrons. The lowest BCUT2D eigenvalue weighted by molar-refractivity contribution is 0.102. The van der Waals surface area contributed by atoms with E-state index in [9.17, 15) is 4.79 Å². The molecular weight excluding hydrogens is 376 g/mol. The highest BCUT2D eigenvalue weighted by Crippen LogP contribution is 2.21. The van der Waals surface area contributed by atoms with E-state index in [-0.39, 0.29) is 12.0 Å². The van der Waals surface area contributed by atoms with E-state index in [0.29, 0.717) is 22.2 Å². The van der Waals surface area contributed by atoms with Gasteiger partial charge < -0.3 is 15.4 Å². The maximum atomic E-state index is 12.4. The zero-order chi connectivity index (χ0) is 20.1. The summed E-state index contributed by atoms with van der Waals surface area (Å²) in [6, 6.07) is 12.8. The van der Waals surface area contributed by atoms with Crippen LogP contribution in [0.25, 0.3) is 0 Å². The van der Waals surface area contributed by atoms with Gasteiger partial charge in [-0.1, -0.05) is 17.7 Å². The summed E-state index contributed by atoms with van der Waals surface area (Å²) in [5, 5.41) is 6.47. The van der Waals surface area contributed by atoms with Gasteiger partial charge in [-0.25, -0.2) is 9.97 Å². The van der Waals surface area contributed by atoms with Gasteiger partial charge in [0.25, 0.3) is 5.91 Å². The number of carbonyl (C=O) groups is 1. The van der Waals surface area contributed by atoms with Crippen LogP contribution < -0.4 is 15.4 Å². The van der Waals surface area contributed by atoms with Crippen molar-refractivity contribution in [1.82, 2.24) is 9.97 Å². The molecule has 28 heavy (non-hydrogen) atoms. The van der Waals surface area contributed by atoms with E-state index < -0.39 is 0 Å². The van der Waals surface area contributed by atoms with Crippen molar-refractivity contribution in [3.05, 3.63) is 71.0 Å². The average Bonchev–Trinajstić information content (AvgIpc) is 2.66. The number of carbonyl (C=O) groups excluding carboxylic acids is 1. The zero-order valence-electron chi connectivity index (χ0n) is 15.9. The molecule has 7 heteroatoms. The monoisotopic (exact) mass is 396 g/mol. The van der Waals surface area contributed by atoms with Crippen LogP contribution in [-0.2, 0) is 0 Å². The molecule has 1 aromatic heterocycles. The minimum absolute atomic E-state index is 0.122. The smallest absolute Gasteiger partial charge is 0.258 e. The Bertz CT molecular complexity index is 957. The van der Waals surface area contributed by atoms with E-state index in [1.807, 2.05) is 51.1 Å². The number of nitrogens with zero attached hydrogens (tertiary/aromatic N) is 2. The predicted octanol–water partition coefficient (Wildman–Crippen LogP) is 5.22. The fourth-order valence-electron chi connectivity index (χ4n) is 2.45. The fourth-order valence-corrected chi connectivity index (χ4v) is 2.62. The van der Waals surface area contributed by atoms with Crippen LogP contribution in [0.3, 0.4) is 0 Å². The Morgan fingerprint density at radius 3 is 2.39 bits per heavy atom. The molecule has 0 aliphatic heterocycles. The molecule has 0 atom stereocenters. The second-order valence-corrected chi connectivity index (χ2v) is 6.96. The standard InChI is InChI=1S/C21H21ClN4O2/c1-13(2)28-18-8-6-17(7-9-18)25-21-23-11-15(12-24-21)20(27)26-19-10-16(22)5-4-14(19)3/h4-13H,1-3H3,(H,26,27)(H,23,24,25). The lowest BCUT2D eigenvalue weighted by Gasteiger charge is -2.11. The molecule has 3 rings (SSSR count). The lowest BCUT2D eigenvalue weighted by atomic mass is 10.2. The average molecular weight is 397 g/mol. The molecule has 0 aliphatic rings. The Hall–Kier alpha value is -3.12. The third-order valence-corrected chi connectivity index (χ3v) is 4.08. The van der Waals surface area contributed by atoms with Gasteiger partial charge in [-0.3, -0.25) is 4.79 Å². The second-order valence-electron chi connectivity index (χ2n) is 6.52. The highest BCUT2D eigenvalue weighted by atomic mass is 35.5. The number of hydrogen-bond donors (Lipinski definition) is 2. The summed E-state index contributed by atoms with van der Waals surface area (Å²) in [5.41, 5.74) is 2.75. The number of aryl methyl sites for hydroxylation is 1. The first-order valence-corrected chi connectivity index (χ1v) is 9.22. The predicted molar refractivity (Wildman–Crippen MR) is 112 cm³/mol. The summed E-state index contributed by atoms with van der Waals surface area (Å²) >= 11 is 5.99. The Morgan fingerprint density at radius 1 is 1.07 bits per heavy atom. The highest BCUT2D eigenvalue weighted by molar-refractivity contribution is 6.31. The van der Waals surface area contributed by atoms with Gasteiger partial charge in [0.1, 0.15) is 5.75 Å². The molecule has 0 saturated carbocycles. The van der Waals surface area contributed by atoms with E-state index in [4.69, 9.17) is 16.3 Å². The molecule has 0 spiro atoms. The summed E-state index contributed by atoms with van der Waals surface area (Å²) in [7, 11) is 0. The summed E-state index contributed by atoms with van der Waals surface area (Å²) in [6.45, 7) is 5.85. The first-order valence-electron chi connectivity index (χ1n) is 8.84. The first-order chi connectivity index (χ1) is 13.4. The van der Waals surface area contributed by atoms with Crippen molar-refractivity contribution in [3.8, 4) is 5.75 Å². The molecule has 0 saturated heterocycles. The third-order valence-electron chi connectivity index (χ3n) is 3.84. The molecule has 0 bridgehead atoms. The number of ether oxygens (including phenoxy) is 1. The van der Waals surface area contributed by atoms with Crippen LogP contribution in [-0.4, -0.2) is 22.0 Å². The number of amides is 1. The number of nitrogens with one attached hydrogen (secondary N) is 2. The number of benzene rings is 2. The third kappa shape index (κ3) is 5.20. The highest BCUT2D eigenvalue weighted by Gasteiger charge is 2.10. The maximum absolute atomic E-state index is 12.4. The molecule has 0 fully saturated rings. The van der Waals surface area contributed by atoms with Gasteiger partial charge in [0.15, 0.2) is 0 Å². The molecule has 1 amide bonds. The molecular formula is C21H21ClN4O2. The summed E-state index contributed by atoms with van der Waals surface area (Å²) in [5.74, 6) is 0.893. The van der Waals surface area contributed by atoms with Gasteiger partial charge in [0.05, 0.1) is 11.7 Å². The lowest BCUT2D eigenvalue weighted by Crippen LogP contribution is -2.14. The van der Waals surface area contributed by atoms with Crippen LogP contribution in [0.15, 0.2) is 54.9 Å². The first kappa shape index (κ1) is 19.6. The quantitative estimate of drug-likeness (QED) is 0.597. The molecule has 3 aromatic rings. The molecule has 2 aromatic carbocycles. The van der Waals surface area contributed by atoms with E-state index in [1.54, 1.807) is 12.1 Å². The van der Waals surface area contributed by atoms with Crippen LogP contribution in [0.5, 0.6) is 5.75 Å². The van der Waals surface area contributed by atoms with Gasteiger partial charge >= 0.3 is 0 Å². The Morgan fingerprint density at radius 2 is 1.75 bits per heavy atom. The molecule has 6 nitrogen and oxygen atoms in total. The van der Waals surface area contributed by atoms with Crippen molar-refractivity contribution in [2.24, 2.45) is 0 Å². The summed E-state index contributed by atoms with van der Waals surface area (Å²) in [6.07, 6.45) is 3.07. The van der Waals surface area contributed by atoms with E-state index in [1.165, 1.54) is 12.4 Å². The van der Waals surface area contributed by atoms with Crippen molar-refractivity contribution in [2.75, 3.05) is 10.6 Å². The maximum Gasteiger partial charge on any atom is 0.258 e. The second kappa shape index (κ2) is 8.71. The van der Waals surface area contributed by atoms with Crippen LogP contribution in [0, 0.1) is 6.92 Å². The molecule has 2 N–H and O–H groups in total. The van der Waals surface area contributed by atoms with Gasteiger partial charge in [0, 0.05) is 28.8 Å². The molecule has 1 heterocycles. The minimum atomic E-state index is -0.299. The zero-order valence-corrected chi connectivity index (χ0v) is 16.6. The fraction of sp³-hybridized carbons (Fsp3) is 0.190. The topological polar surface area (TPSA) is 76.1 Å². The van der Waals surface area contributed by atoms with Gasteiger partial charge in [0.2, 0.25) is 5.95 Å². The van der Waals surface area contributed by atoms with Crippen LogP contribution in [0.2, 0.25) is 5.02 Å². The van der Waals surface area contributed by atoms with Crippen molar-refractivity contribution in [3.63, 3.8) is 0 Å². The van der Waals surface area contributed by atoms with Crippen molar-refractivity contribution in [2.45, 2.75) is 26.9 Å². The normalized spacial score (nSPS) is 10.6. The Balaban J connectivity index is 1.64. The largest absolute Gasteiger partial charge is 0.491 e. The minimum Gasteiger partial charge on any atom is -0.491 e. The van der Waals surface area contributed by atoms with E-state index >= 15 is 0 Å². The SMILES string of the molecule is Cc1ccc(Cl)cc1NC(=O)c1cnc(Nc2ccc(OC(C)C)cc2)nc1. The van der Waals surface area contributed by atoms with Gasteiger partial charge in [-0.2, -0.15) is 0 Å². The van der Waals surface area contributed by atoms with Crippen LogP contribution in [0.1, 0.15) is 29.8 Å². The summed E-state index contributed by atoms with van der Waals surface area (Å²) < 4.78 is 5.61. The Kier molecular flexibility index (Phi) is 6.11. The van der Waals surface area contributed by atoms with Crippen molar-refractivity contribution in [1.29, 1.82) is 0 Å². The van der Waals surface area contributed by atoms with E-state index in [2.05, 4.69) is 20.6 Å². The number of anilines is 3. The number of hydrogen-bond acceptors (Lipinski definition) is 5. The van der Waals surface area contributed by atoms with E-state index in [0.717, 1.165) is 17.0 Å². The number of halogens is 1. The van der Waals surface area contributed by atoms with Crippen LogP contribution >= 0.6 is 11.6 Å². The molecule has 0 radical (unpaired) electrons. The van der Waals surface area contributed by atoms with Gasteiger partial charge in [-0.05, 0) is 62.7 Å².